The second kappa shape index (κ2) is 11.2. The summed E-state index contributed by atoms with van der Waals surface area (Å²) in [5, 5.41) is 10.5. The maximum atomic E-state index is 13.5. The van der Waals surface area contributed by atoms with E-state index in [-0.39, 0.29) is 5.91 Å². The number of anilines is 1. The summed E-state index contributed by atoms with van der Waals surface area (Å²) in [7, 11) is 0. The molecular weight excluding hydrogens is 643 g/mol. The van der Waals surface area contributed by atoms with Gasteiger partial charge in [0.1, 0.15) is 5.75 Å². The van der Waals surface area contributed by atoms with E-state index in [4.69, 9.17) is 33.0 Å². The highest BCUT2D eigenvalue weighted by atomic mass is 79.9. The van der Waals surface area contributed by atoms with Crippen LogP contribution in [0.15, 0.2) is 79.5 Å². The van der Waals surface area contributed by atoms with Gasteiger partial charge in [0.05, 0.1) is 25.2 Å². The summed E-state index contributed by atoms with van der Waals surface area (Å²) in [4.78, 5) is 30.9. The highest BCUT2D eigenvalue weighted by Crippen LogP contribution is 2.40. The average molecular weight is 657 g/mol. The zero-order valence-electron chi connectivity index (χ0n) is 17.5. The van der Waals surface area contributed by atoms with Crippen molar-refractivity contribution in [2.45, 2.75) is 0 Å². The van der Waals surface area contributed by atoms with Crippen LogP contribution in [0, 0.1) is 0 Å². The molecule has 0 radical (unpaired) electrons. The number of carboxylic acid groups (broad SMARTS) is 1. The number of amidine groups is 1. The summed E-state index contributed by atoms with van der Waals surface area (Å²) in [5.74, 6) is -0.978. The van der Waals surface area contributed by atoms with Gasteiger partial charge >= 0.3 is 5.97 Å². The van der Waals surface area contributed by atoms with Crippen LogP contribution in [0.25, 0.3) is 6.08 Å². The molecule has 35 heavy (non-hydrogen) atoms. The Labute approximate surface area is 231 Å². The van der Waals surface area contributed by atoms with Gasteiger partial charge < -0.3 is 9.84 Å². The van der Waals surface area contributed by atoms with Crippen molar-refractivity contribution in [3.05, 3.63) is 90.1 Å². The van der Waals surface area contributed by atoms with E-state index in [1.54, 1.807) is 66.7 Å². The molecular formula is C24H14Br2Cl2N2O4S. The van der Waals surface area contributed by atoms with Crippen LogP contribution in [0.1, 0.15) is 5.56 Å². The molecule has 1 heterocycles. The third-order valence-electron chi connectivity index (χ3n) is 4.60. The first-order valence-corrected chi connectivity index (χ1v) is 13.0. The molecule has 0 unspecified atom stereocenters. The second-order valence-corrected chi connectivity index (χ2v) is 10.7. The van der Waals surface area contributed by atoms with Gasteiger partial charge in [-0.3, -0.25) is 9.69 Å². The van der Waals surface area contributed by atoms with E-state index in [2.05, 4.69) is 36.9 Å². The standard InChI is InChI=1S/C24H14Br2Cl2N2O4S/c25-18-9-13(10-19(26)22(18)34-12-21(31)32)11-20-23(33)30(17-7-3-15(28)4-8-17)24(35-20)29-16-5-1-14(27)2-6-16/h1-11H,12H2,(H,31,32)/b20-11-,29-24?. The lowest BCUT2D eigenvalue weighted by atomic mass is 10.2. The number of carbonyl (C=O) groups excluding carboxylic acids is 1. The molecule has 1 fully saturated rings. The Morgan fingerprint density at radius 3 is 2.17 bits per heavy atom. The molecule has 0 atom stereocenters. The molecule has 1 saturated heterocycles. The van der Waals surface area contributed by atoms with Crippen LogP contribution >= 0.6 is 66.8 Å². The molecule has 0 bridgehead atoms. The lowest BCUT2D eigenvalue weighted by Crippen LogP contribution is -2.28. The Hall–Kier alpha value is -2.30. The van der Waals surface area contributed by atoms with Gasteiger partial charge in [-0.25, -0.2) is 9.79 Å². The molecule has 4 rings (SSSR count). The summed E-state index contributed by atoms with van der Waals surface area (Å²) in [6.45, 7) is -0.480. The molecule has 11 heteroatoms. The number of hydrogen-bond donors (Lipinski definition) is 1. The molecule has 0 aromatic heterocycles. The van der Waals surface area contributed by atoms with E-state index in [0.717, 1.165) is 0 Å². The number of carbonyl (C=O) groups is 2. The van der Waals surface area contributed by atoms with Crippen molar-refractivity contribution < 1.29 is 19.4 Å². The number of benzene rings is 3. The minimum atomic E-state index is -1.09. The minimum absolute atomic E-state index is 0.247. The number of rotatable bonds is 6. The highest BCUT2D eigenvalue weighted by Gasteiger charge is 2.35. The van der Waals surface area contributed by atoms with Crippen LogP contribution in [0.5, 0.6) is 5.75 Å². The Kier molecular flexibility index (Phi) is 8.23. The van der Waals surface area contributed by atoms with Gasteiger partial charge in [0.25, 0.3) is 5.91 Å². The lowest BCUT2D eigenvalue weighted by Gasteiger charge is -2.15. The summed E-state index contributed by atoms with van der Waals surface area (Å²) in [6, 6.07) is 17.4. The number of carboxylic acids is 1. The number of hydrogen-bond acceptors (Lipinski definition) is 5. The van der Waals surface area contributed by atoms with E-state index in [0.29, 0.717) is 51.8 Å². The Balaban J connectivity index is 1.72. The number of amides is 1. The SMILES string of the molecule is O=C(O)COc1c(Br)cc(/C=C2\SC(=Nc3ccc(Cl)cc3)N(c3ccc(Cl)cc3)C2=O)cc1Br. The number of thioether (sulfide) groups is 1. The molecule has 3 aromatic rings. The average Bonchev–Trinajstić information content (AvgIpc) is 3.09. The van der Waals surface area contributed by atoms with Crippen LogP contribution in [0.2, 0.25) is 10.0 Å². The number of nitrogens with zero attached hydrogens (tertiary/aromatic N) is 2. The molecule has 1 N–H and O–H groups in total. The van der Waals surface area contributed by atoms with E-state index in [9.17, 15) is 9.59 Å². The molecule has 1 aliphatic heterocycles. The first-order valence-electron chi connectivity index (χ1n) is 9.89. The zero-order chi connectivity index (χ0) is 25.1. The fraction of sp³-hybridized carbons (Fsp3) is 0.0417. The molecule has 0 saturated carbocycles. The fourth-order valence-electron chi connectivity index (χ4n) is 3.08. The van der Waals surface area contributed by atoms with Crippen molar-refractivity contribution in [3.63, 3.8) is 0 Å². The molecule has 3 aromatic carbocycles. The van der Waals surface area contributed by atoms with Crippen LogP contribution in [-0.2, 0) is 9.59 Å². The van der Waals surface area contributed by atoms with Gasteiger partial charge in [-0.05, 0) is 116 Å². The van der Waals surface area contributed by atoms with Crippen molar-refractivity contribution in [2.24, 2.45) is 4.99 Å². The van der Waals surface area contributed by atoms with Crippen LogP contribution in [-0.4, -0.2) is 28.8 Å². The van der Waals surface area contributed by atoms with Crippen LogP contribution < -0.4 is 9.64 Å². The Morgan fingerprint density at radius 2 is 1.60 bits per heavy atom. The van der Waals surface area contributed by atoms with Crippen molar-refractivity contribution >= 4 is 101 Å². The summed E-state index contributed by atoms with van der Waals surface area (Å²) in [6.07, 6.45) is 1.73. The van der Waals surface area contributed by atoms with Crippen LogP contribution in [0.3, 0.4) is 0 Å². The third kappa shape index (κ3) is 6.29. The number of aliphatic carboxylic acids is 1. The van der Waals surface area contributed by atoms with Crippen LogP contribution in [0.4, 0.5) is 11.4 Å². The molecule has 1 aliphatic rings. The first-order chi connectivity index (χ1) is 16.7. The van der Waals surface area contributed by atoms with E-state index in [1.165, 1.54) is 16.7 Å². The Morgan fingerprint density at radius 1 is 1.03 bits per heavy atom. The fourth-order valence-corrected chi connectivity index (χ4v) is 5.78. The highest BCUT2D eigenvalue weighted by molar-refractivity contribution is 9.11. The van der Waals surface area contributed by atoms with Crippen molar-refractivity contribution in [1.29, 1.82) is 0 Å². The predicted octanol–water partition coefficient (Wildman–Crippen LogP) is 7.79. The van der Waals surface area contributed by atoms with Crippen molar-refractivity contribution in [2.75, 3.05) is 11.5 Å². The number of ether oxygens (including phenoxy) is 1. The maximum absolute atomic E-state index is 13.5. The Bertz CT molecular complexity index is 1340. The van der Waals surface area contributed by atoms with Gasteiger partial charge in [0.15, 0.2) is 11.8 Å². The zero-order valence-corrected chi connectivity index (χ0v) is 23.0. The third-order valence-corrected chi connectivity index (χ3v) is 7.25. The smallest absolute Gasteiger partial charge is 0.341 e. The quantitative estimate of drug-likeness (QED) is 0.274. The maximum Gasteiger partial charge on any atom is 0.341 e. The van der Waals surface area contributed by atoms with Gasteiger partial charge in [0, 0.05) is 10.0 Å². The van der Waals surface area contributed by atoms with Gasteiger partial charge in [-0.15, -0.1) is 0 Å². The topological polar surface area (TPSA) is 79.2 Å². The van der Waals surface area contributed by atoms with Crippen molar-refractivity contribution in [1.82, 2.24) is 0 Å². The van der Waals surface area contributed by atoms with E-state index < -0.39 is 12.6 Å². The molecule has 1 amide bonds. The summed E-state index contributed by atoms with van der Waals surface area (Å²) in [5.41, 5.74) is 1.98. The normalized spacial score (nSPS) is 15.8. The first kappa shape index (κ1) is 25.8. The molecule has 6 nitrogen and oxygen atoms in total. The number of halogens is 4. The summed E-state index contributed by atoms with van der Waals surface area (Å²) < 4.78 is 6.40. The van der Waals surface area contributed by atoms with E-state index >= 15 is 0 Å². The second-order valence-electron chi connectivity index (χ2n) is 7.09. The van der Waals surface area contributed by atoms with Gasteiger partial charge in [-0.1, -0.05) is 23.2 Å². The molecule has 178 valence electrons. The summed E-state index contributed by atoms with van der Waals surface area (Å²) >= 11 is 20.1. The molecule has 0 aliphatic carbocycles. The van der Waals surface area contributed by atoms with E-state index in [1.807, 2.05) is 0 Å². The minimum Gasteiger partial charge on any atom is -0.480 e. The predicted molar refractivity (Wildman–Crippen MR) is 148 cm³/mol. The van der Waals surface area contributed by atoms with Gasteiger partial charge in [-0.2, -0.15) is 0 Å². The largest absolute Gasteiger partial charge is 0.480 e. The monoisotopic (exact) mass is 654 g/mol. The van der Waals surface area contributed by atoms with Crippen molar-refractivity contribution in [3.8, 4) is 5.75 Å². The number of aliphatic imine (C=N–C) groups is 1. The van der Waals surface area contributed by atoms with Gasteiger partial charge in [0.2, 0.25) is 0 Å². The molecule has 0 spiro atoms. The lowest BCUT2D eigenvalue weighted by molar-refractivity contribution is -0.139.